The molecule has 0 bridgehead atoms. The summed E-state index contributed by atoms with van der Waals surface area (Å²) in [6.07, 6.45) is 0. The first-order valence-electron chi connectivity index (χ1n) is 5.05. The molecule has 18 heavy (non-hydrogen) atoms. The molecule has 1 aromatic heterocycles. The predicted molar refractivity (Wildman–Crippen MR) is 64.7 cm³/mol. The molecule has 1 rings (SSSR count). The number of primary sulfonamides is 1. The first-order valence-corrected chi connectivity index (χ1v) is 6.60. The molecule has 102 valence electrons. The zero-order valence-electron chi connectivity index (χ0n) is 10.2. The van der Waals surface area contributed by atoms with E-state index in [1.165, 1.54) is 6.92 Å². The highest BCUT2D eigenvalue weighted by molar-refractivity contribution is 7.89. The summed E-state index contributed by atoms with van der Waals surface area (Å²) in [7, 11) is -3.91. The van der Waals surface area contributed by atoms with Gasteiger partial charge in [0.05, 0.1) is 5.56 Å². The Hall–Kier alpha value is -1.35. The van der Waals surface area contributed by atoms with Crippen LogP contribution in [0.5, 0.6) is 0 Å². The van der Waals surface area contributed by atoms with Gasteiger partial charge in [-0.25, -0.2) is 19.5 Å². The monoisotopic (exact) mass is 276 g/mol. The zero-order chi connectivity index (χ0) is 13.9. The van der Waals surface area contributed by atoms with E-state index in [0.717, 1.165) is 0 Å². The van der Waals surface area contributed by atoms with E-state index >= 15 is 0 Å². The van der Waals surface area contributed by atoms with Gasteiger partial charge in [0, 0.05) is 0 Å². The predicted octanol–water partition coefficient (Wildman–Crippen LogP) is 0.421. The number of aryl methyl sites for hydroxylation is 2. The molecule has 0 unspecified atom stereocenters. The fourth-order valence-electron chi connectivity index (χ4n) is 1.61. The second-order valence-corrected chi connectivity index (χ2v) is 5.10. The van der Waals surface area contributed by atoms with Gasteiger partial charge in [-0.2, -0.15) is 0 Å². The average Bonchev–Trinajstić information content (AvgIpc) is 2.53. The topological polar surface area (TPSA) is 118 Å². The summed E-state index contributed by atoms with van der Waals surface area (Å²) < 4.78 is 33.5. The third-order valence-corrected chi connectivity index (χ3v) is 3.31. The normalized spacial score (nSPS) is 11.6. The second kappa shape index (κ2) is 5.53. The van der Waals surface area contributed by atoms with Crippen LogP contribution in [0.3, 0.4) is 0 Å². The Balaban J connectivity index is 3.12. The maximum absolute atomic E-state index is 11.5. The molecular formula is C10H16N2O5S. The summed E-state index contributed by atoms with van der Waals surface area (Å²) in [5, 5.41) is 5.14. The number of ether oxygens (including phenoxy) is 1. The minimum Gasteiger partial charge on any atom is -0.491 e. The maximum Gasteiger partial charge on any atom is 0.242 e. The third-order valence-electron chi connectivity index (χ3n) is 2.25. The Morgan fingerprint density at radius 2 is 1.94 bits per heavy atom. The Morgan fingerprint density at radius 3 is 2.44 bits per heavy atom. The number of sulfonamides is 1. The number of rotatable bonds is 6. The molecule has 0 radical (unpaired) electrons. The van der Waals surface area contributed by atoms with Crippen LogP contribution < -0.4 is 11.0 Å². The molecule has 1 aromatic rings. The van der Waals surface area contributed by atoms with Crippen LogP contribution in [0, 0.1) is 13.8 Å². The molecule has 0 atom stereocenters. The van der Waals surface area contributed by atoms with E-state index in [4.69, 9.17) is 20.2 Å². The largest absolute Gasteiger partial charge is 0.491 e. The van der Waals surface area contributed by atoms with E-state index in [2.05, 4.69) is 11.4 Å². The quantitative estimate of drug-likeness (QED) is 0.441. The van der Waals surface area contributed by atoms with Crippen molar-refractivity contribution in [3.05, 3.63) is 23.7 Å². The van der Waals surface area contributed by atoms with Gasteiger partial charge in [-0.05, 0) is 13.8 Å². The first-order chi connectivity index (χ1) is 8.29. The molecule has 7 nitrogen and oxygen atoms in total. The van der Waals surface area contributed by atoms with Crippen molar-refractivity contribution in [2.24, 2.45) is 11.0 Å². The zero-order valence-corrected chi connectivity index (χ0v) is 11.0. The van der Waals surface area contributed by atoms with Crippen LogP contribution in [-0.2, 0) is 19.6 Å². The molecule has 1 heterocycles. The van der Waals surface area contributed by atoms with Crippen LogP contribution in [0.25, 0.3) is 5.76 Å². The number of furan rings is 1. The molecule has 0 aliphatic carbocycles. The van der Waals surface area contributed by atoms with Crippen molar-refractivity contribution in [3.8, 4) is 0 Å². The lowest BCUT2D eigenvalue weighted by molar-refractivity contribution is 0.0926. The number of hydrogen-bond donors (Lipinski definition) is 2. The van der Waals surface area contributed by atoms with E-state index in [1.54, 1.807) is 6.92 Å². The molecule has 0 aromatic carbocycles. The van der Waals surface area contributed by atoms with Gasteiger partial charge in [0.15, 0.2) is 0 Å². The first kappa shape index (κ1) is 14.7. The molecule has 0 saturated heterocycles. The Morgan fingerprint density at radius 1 is 1.33 bits per heavy atom. The summed E-state index contributed by atoms with van der Waals surface area (Å²) in [6.45, 7) is 7.05. The van der Waals surface area contributed by atoms with Crippen molar-refractivity contribution in [2.75, 3.05) is 13.2 Å². The summed E-state index contributed by atoms with van der Waals surface area (Å²) in [5.41, 5.74) is 0.243. The summed E-state index contributed by atoms with van der Waals surface area (Å²) in [4.78, 5) is 4.22. The lowest BCUT2D eigenvalue weighted by Gasteiger charge is -2.09. The van der Waals surface area contributed by atoms with E-state index < -0.39 is 10.0 Å². The fourth-order valence-corrected chi connectivity index (χ4v) is 2.60. The molecule has 0 saturated carbocycles. The fraction of sp³-hybridized carbons (Fsp3) is 0.400. The third kappa shape index (κ3) is 3.10. The summed E-state index contributed by atoms with van der Waals surface area (Å²) in [6, 6.07) is 0. The van der Waals surface area contributed by atoms with Crippen LogP contribution in [0.15, 0.2) is 15.9 Å². The standard InChI is InChI=1S/C10H16N2O5S/c1-6(15-4-5-16-11)9-7(2)17-8(3)10(9)18(12,13)14/h1,4-5,11H2,2-3H3,(H2,12,13,14). The summed E-state index contributed by atoms with van der Waals surface area (Å²) >= 11 is 0. The highest BCUT2D eigenvalue weighted by atomic mass is 32.2. The minimum absolute atomic E-state index is 0.112. The van der Waals surface area contributed by atoms with Crippen molar-refractivity contribution in [3.63, 3.8) is 0 Å². The average molecular weight is 276 g/mol. The van der Waals surface area contributed by atoms with E-state index in [-0.39, 0.29) is 35.2 Å². The smallest absolute Gasteiger partial charge is 0.242 e. The highest BCUT2D eigenvalue weighted by Gasteiger charge is 2.26. The number of hydrogen-bond acceptors (Lipinski definition) is 6. The van der Waals surface area contributed by atoms with Gasteiger partial charge in [-0.15, -0.1) is 0 Å². The van der Waals surface area contributed by atoms with Gasteiger partial charge in [0.25, 0.3) is 0 Å². The van der Waals surface area contributed by atoms with Gasteiger partial charge >= 0.3 is 0 Å². The second-order valence-electron chi connectivity index (χ2n) is 3.61. The van der Waals surface area contributed by atoms with Crippen LogP contribution in [0.4, 0.5) is 0 Å². The van der Waals surface area contributed by atoms with Crippen LogP contribution in [0.2, 0.25) is 0 Å². The molecule has 0 aliphatic rings. The van der Waals surface area contributed by atoms with Crippen molar-refractivity contribution < 1.29 is 22.4 Å². The Labute approximate surface area is 105 Å². The lowest BCUT2D eigenvalue weighted by atomic mass is 10.2. The Kier molecular flexibility index (Phi) is 4.52. The van der Waals surface area contributed by atoms with Crippen LogP contribution in [0.1, 0.15) is 17.1 Å². The van der Waals surface area contributed by atoms with Gasteiger partial charge in [0.1, 0.15) is 35.4 Å². The molecule has 0 aliphatic heterocycles. The highest BCUT2D eigenvalue weighted by Crippen LogP contribution is 2.31. The van der Waals surface area contributed by atoms with E-state index in [1.807, 2.05) is 0 Å². The SMILES string of the molecule is C=C(OCCON)c1c(C)oc(C)c1S(N)(=O)=O. The van der Waals surface area contributed by atoms with Crippen molar-refractivity contribution >= 4 is 15.8 Å². The van der Waals surface area contributed by atoms with Crippen LogP contribution in [-0.4, -0.2) is 21.6 Å². The van der Waals surface area contributed by atoms with Gasteiger partial charge < -0.3 is 14.0 Å². The molecule has 0 amide bonds. The van der Waals surface area contributed by atoms with Crippen molar-refractivity contribution in [1.82, 2.24) is 0 Å². The summed E-state index contributed by atoms with van der Waals surface area (Å²) in [5.74, 6) is 5.56. The minimum atomic E-state index is -3.91. The van der Waals surface area contributed by atoms with Gasteiger partial charge in [0.2, 0.25) is 10.0 Å². The Bertz CT molecular complexity index is 547. The van der Waals surface area contributed by atoms with E-state index in [0.29, 0.717) is 5.76 Å². The molecule has 0 fully saturated rings. The molecule has 8 heteroatoms. The molecule has 0 spiro atoms. The maximum atomic E-state index is 11.5. The van der Waals surface area contributed by atoms with Gasteiger partial charge in [-0.1, -0.05) is 6.58 Å². The van der Waals surface area contributed by atoms with Gasteiger partial charge in [-0.3, -0.25) is 0 Å². The molecular weight excluding hydrogens is 260 g/mol. The van der Waals surface area contributed by atoms with Crippen molar-refractivity contribution in [2.45, 2.75) is 18.7 Å². The van der Waals surface area contributed by atoms with Crippen LogP contribution >= 0.6 is 0 Å². The molecule has 4 N–H and O–H groups in total. The lowest BCUT2D eigenvalue weighted by Crippen LogP contribution is -2.15. The van der Waals surface area contributed by atoms with E-state index in [9.17, 15) is 8.42 Å². The van der Waals surface area contributed by atoms with Crippen molar-refractivity contribution in [1.29, 1.82) is 0 Å². The number of nitrogens with two attached hydrogens (primary N) is 2.